The molecule has 1 amide bonds. The summed E-state index contributed by atoms with van der Waals surface area (Å²) in [4.78, 5) is 25.3. The standard InChI is InChI=1S/C16H17NO3/c1-11(15(18)17(2)3)20-16(19)14-10-6-8-12-7-4-5-9-13(12)14/h4-11H,1-3H3/t11-/m0/s1. The molecular formula is C16H17NO3. The minimum Gasteiger partial charge on any atom is -0.449 e. The van der Waals surface area contributed by atoms with Gasteiger partial charge in [0.2, 0.25) is 0 Å². The van der Waals surface area contributed by atoms with Crippen molar-refractivity contribution in [2.24, 2.45) is 0 Å². The number of benzene rings is 2. The molecule has 0 N–H and O–H groups in total. The molecule has 2 rings (SSSR count). The molecule has 20 heavy (non-hydrogen) atoms. The van der Waals surface area contributed by atoms with E-state index in [1.165, 1.54) is 4.90 Å². The largest absolute Gasteiger partial charge is 0.449 e. The number of nitrogens with zero attached hydrogens (tertiary/aromatic N) is 1. The summed E-state index contributed by atoms with van der Waals surface area (Å²) in [6.45, 7) is 1.57. The molecule has 0 saturated carbocycles. The normalized spacial score (nSPS) is 11.9. The van der Waals surface area contributed by atoms with Gasteiger partial charge in [-0.1, -0.05) is 36.4 Å². The second-order valence-corrected chi connectivity index (χ2v) is 4.81. The minimum atomic E-state index is -0.795. The Hall–Kier alpha value is -2.36. The summed E-state index contributed by atoms with van der Waals surface area (Å²) in [6, 6.07) is 13.0. The fourth-order valence-electron chi connectivity index (χ4n) is 2.04. The third-order valence-electron chi connectivity index (χ3n) is 3.08. The average molecular weight is 271 g/mol. The first kappa shape index (κ1) is 14.1. The Balaban J connectivity index is 2.26. The molecule has 2 aromatic carbocycles. The first-order valence-electron chi connectivity index (χ1n) is 6.40. The van der Waals surface area contributed by atoms with Gasteiger partial charge in [0.25, 0.3) is 5.91 Å². The quantitative estimate of drug-likeness (QED) is 0.806. The Morgan fingerprint density at radius 2 is 1.70 bits per heavy atom. The summed E-state index contributed by atoms with van der Waals surface area (Å²) < 4.78 is 5.24. The van der Waals surface area contributed by atoms with Crippen LogP contribution in [-0.2, 0) is 9.53 Å². The third-order valence-corrected chi connectivity index (χ3v) is 3.08. The lowest BCUT2D eigenvalue weighted by atomic mass is 10.0. The molecule has 104 valence electrons. The number of rotatable bonds is 3. The molecule has 0 bridgehead atoms. The van der Waals surface area contributed by atoms with E-state index in [0.29, 0.717) is 5.56 Å². The highest BCUT2D eigenvalue weighted by molar-refractivity contribution is 6.05. The summed E-state index contributed by atoms with van der Waals surface area (Å²) in [5.41, 5.74) is 0.474. The second-order valence-electron chi connectivity index (χ2n) is 4.81. The average Bonchev–Trinajstić information content (AvgIpc) is 2.45. The van der Waals surface area contributed by atoms with Crippen LogP contribution in [0.4, 0.5) is 0 Å². The number of esters is 1. The molecule has 0 aliphatic carbocycles. The Labute approximate surface area is 117 Å². The zero-order valence-electron chi connectivity index (χ0n) is 11.8. The van der Waals surface area contributed by atoms with Crippen LogP contribution in [0.5, 0.6) is 0 Å². The van der Waals surface area contributed by atoms with Gasteiger partial charge in [-0.25, -0.2) is 4.79 Å². The van der Waals surface area contributed by atoms with Crippen molar-refractivity contribution in [3.63, 3.8) is 0 Å². The highest BCUT2D eigenvalue weighted by Gasteiger charge is 2.21. The minimum absolute atomic E-state index is 0.237. The van der Waals surface area contributed by atoms with Gasteiger partial charge in [-0.2, -0.15) is 0 Å². The van der Waals surface area contributed by atoms with Crippen molar-refractivity contribution >= 4 is 22.6 Å². The van der Waals surface area contributed by atoms with Crippen molar-refractivity contribution in [2.45, 2.75) is 13.0 Å². The van der Waals surface area contributed by atoms with Gasteiger partial charge >= 0.3 is 5.97 Å². The Kier molecular flexibility index (Phi) is 4.03. The smallest absolute Gasteiger partial charge is 0.339 e. The number of hydrogen-bond donors (Lipinski definition) is 0. The Morgan fingerprint density at radius 3 is 2.40 bits per heavy atom. The molecule has 0 saturated heterocycles. The molecule has 0 aromatic heterocycles. The van der Waals surface area contributed by atoms with Crippen molar-refractivity contribution in [3.05, 3.63) is 48.0 Å². The molecule has 0 spiro atoms. The van der Waals surface area contributed by atoms with E-state index >= 15 is 0 Å². The maximum atomic E-state index is 12.2. The van der Waals surface area contributed by atoms with Crippen LogP contribution in [0, 0.1) is 0 Å². The van der Waals surface area contributed by atoms with E-state index in [4.69, 9.17) is 4.74 Å². The van der Waals surface area contributed by atoms with Crippen LogP contribution in [0.1, 0.15) is 17.3 Å². The SMILES string of the molecule is C[C@H](OC(=O)c1cccc2ccccc12)C(=O)N(C)C. The molecular weight excluding hydrogens is 254 g/mol. The molecule has 0 aliphatic heterocycles. The number of likely N-dealkylation sites (N-methyl/N-ethyl adjacent to an activating group) is 1. The zero-order valence-corrected chi connectivity index (χ0v) is 11.8. The van der Waals surface area contributed by atoms with E-state index in [9.17, 15) is 9.59 Å². The lowest BCUT2D eigenvalue weighted by molar-refractivity contribution is -0.137. The molecule has 0 fully saturated rings. The molecule has 4 nitrogen and oxygen atoms in total. The van der Waals surface area contributed by atoms with Crippen molar-refractivity contribution in [1.82, 2.24) is 4.90 Å². The van der Waals surface area contributed by atoms with E-state index in [1.807, 2.05) is 30.3 Å². The number of carbonyl (C=O) groups is 2. The number of fused-ring (bicyclic) bond motifs is 1. The van der Waals surface area contributed by atoms with Crippen molar-refractivity contribution in [1.29, 1.82) is 0 Å². The molecule has 0 heterocycles. The van der Waals surface area contributed by atoms with Gasteiger partial charge in [0.05, 0.1) is 5.56 Å². The van der Waals surface area contributed by atoms with Gasteiger partial charge in [0.15, 0.2) is 6.10 Å². The topological polar surface area (TPSA) is 46.6 Å². The van der Waals surface area contributed by atoms with Crippen LogP contribution in [0.2, 0.25) is 0 Å². The summed E-state index contributed by atoms with van der Waals surface area (Å²) in [7, 11) is 3.26. The molecule has 0 radical (unpaired) electrons. The first-order valence-corrected chi connectivity index (χ1v) is 6.40. The van der Waals surface area contributed by atoms with E-state index in [1.54, 1.807) is 33.2 Å². The van der Waals surface area contributed by atoms with E-state index < -0.39 is 12.1 Å². The predicted octanol–water partition coefficient (Wildman–Crippen LogP) is 2.47. The molecule has 1 atom stereocenters. The fourth-order valence-corrected chi connectivity index (χ4v) is 2.04. The molecule has 0 aliphatic rings. The summed E-state index contributed by atoms with van der Waals surface area (Å²) >= 11 is 0. The third kappa shape index (κ3) is 2.79. The molecule has 4 heteroatoms. The van der Waals surface area contributed by atoms with Crippen LogP contribution in [0.15, 0.2) is 42.5 Å². The van der Waals surface area contributed by atoms with Gasteiger partial charge in [-0.3, -0.25) is 4.79 Å². The maximum absolute atomic E-state index is 12.2. The van der Waals surface area contributed by atoms with Crippen molar-refractivity contribution in [3.8, 4) is 0 Å². The zero-order chi connectivity index (χ0) is 14.7. The van der Waals surface area contributed by atoms with Gasteiger partial charge in [-0.05, 0) is 23.8 Å². The highest BCUT2D eigenvalue weighted by Crippen LogP contribution is 2.19. The van der Waals surface area contributed by atoms with Gasteiger partial charge in [-0.15, -0.1) is 0 Å². The number of ether oxygens (including phenoxy) is 1. The lowest BCUT2D eigenvalue weighted by Crippen LogP contribution is -2.34. The van der Waals surface area contributed by atoms with E-state index in [-0.39, 0.29) is 5.91 Å². The van der Waals surface area contributed by atoms with Crippen LogP contribution >= 0.6 is 0 Å². The maximum Gasteiger partial charge on any atom is 0.339 e. The molecule has 2 aromatic rings. The first-order chi connectivity index (χ1) is 9.50. The van der Waals surface area contributed by atoms with E-state index in [0.717, 1.165) is 10.8 Å². The van der Waals surface area contributed by atoms with Gasteiger partial charge in [0, 0.05) is 14.1 Å². The lowest BCUT2D eigenvalue weighted by Gasteiger charge is -2.17. The summed E-state index contributed by atoms with van der Waals surface area (Å²) in [5, 5.41) is 1.79. The van der Waals surface area contributed by atoms with Crippen LogP contribution in [0.3, 0.4) is 0 Å². The van der Waals surface area contributed by atoms with E-state index in [2.05, 4.69) is 0 Å². The van der Waals surface area contributed by atoms with Crippen LogP contribution in [0.25, 0.3) is 10.8 Å². The van der Waals surface area contributed by atoms with Crippen LogP contribution in [-0.4, -0.2) is 37.0 Å². The Bertz CT molecular complexity index is 644. The number of amides is 1. The number of hydrogen-bond acceptors (Lipinski definition) is 3. The van der Waals surface area contributed by atoms with Gasteiger partial charge < -0.3 is 9.64 Å². The highest BCUT2D eigenvalue weighted by atomic mass is 16.5. The second kappa shape index (κ2) is 5.74. The Morgan fingerprint density at radius 1 is 1.05 bits per heavy atom. The summed E-state index contributed by atoms with van der Waals surface area (Å²) in [6.07, 6.45) is -0.795. The monoisotopic (exact) mass is 271 g/mol. The van der Waals surface area contributed by atoms with Crippen molar-refractivity contribution < 1.29 is 14.3 Å². The summed E-state index contributed by atoms with van der Waals surface area (Å²) in [5.74, 6) is -0.719. The number of carbonyl (C=O) groups excluding carboxylic acids is 2. The predicted molar refractivity (Wildman–Crippen MR) is 77.5 cm³/mol. The molecule has 0 unspecified atom stereocenters. The van der Waals surface area contributed by atoms with Crippen LogP contribution < -0.4 is 0 Å². The van der Waals surface area contributed by atoms with Gasteiger partial charge in [0.1, 0.15) is 0 Å². The van der Waals surface area contributed by atoms with Crippen molar-refractivity contribution in [2.75, 3.05) is 14.1 Å². The fraction of sp³-hybridized carbons (Fsp3) is 0.250.